The summed E-state index contributed by atoms with van der Waals surface area (Å²) in [5, 5.41) is 0. The van der Waals surface area contributed by atoms with Crippen molar-refractivity contribution >= 4 is 26.2 Å². The van der Waals surface area contributed by atoms with Crippen LogP contribution in [0, 0.1) is 0 Å². The molecule has 0 aliphatic heterocycles. The Hall–Kier alpha value is 1.77. The average molecular weight is 420 g/mol. The molecule has 0 rings (SSSR count). The summed E-state index contributed by atoms with van der Waals surface area (Å²) in [7, 11) is 0. The van der Waals surface area contributed by atoms with Gasteiger partial charge in [0.25, 0.3) is 0 Å². The summed E-state index contributed by atoms with van der Waals surface area (Å²) in [4.78, 5) is 0. The molecule has 0 spiro atoms. The van der Waals surface area contributed by atoms with Crippen molar-refractivity contribution in [2.45, 2.75) is 0 Å². The van der Waals surface area contributed by atoms with Crippen LogP contribution in [0.4, 0.5) is 0 Å². The molecule has 3 nitrogen and oxygen atoms in total. The zero-order valence-corrected chi connectivity index (χ0v) is 11.1. The molecule has 0 aliphatic carbocycles. The molecule has 0 heterocycles. The Morgan fingerprint density at radius 1 is 1.33 bits per heavy atom. The van der Waals surface area contributed by atoms with Crippen molar-refractivity contribution in [1.29, 1.82) is 0 Å². The van der Waals surface area contributed by atoms with Gasteiger partial charge in [-0.15, -0.1) is 0 Å². The SMILES string of the molecule is [Ag].[BiH3].[O]=[V](=[O])[OH]. The molecule has 0 fully saturated rings. The number of hydrogen-bond donors (Lipinski definition) is 1. The van der Waals surface area contributed by atoms with Crippen LogP contribution in [-0.2, 0) is 45.1 Å². The first-order chi connectivity index (χ1) is 1.73. The molecule has 0 amide bonds. The van der Waals surface area contributed by atoms with Crippen LogP contribution in [0.5, 0.6) is 0 Å². The Kier molecular flexibility index (Phi) is 25.8. The standard InChI is InChI=1S/Ag.Bi.H2O.2O.V.3H/h;;1H2;;;;;;/q;;;;;+1;;;/p-1. The molecular formula is H4AgBiO3V. The van der Waals surface area contributed by atoms with E-state index >= 15 is 0 Å². The van der Waals surface area contributed by atoms with E-state index < -0.39 is 15.4 Å². The van der Waals surface area contributed by atoms with Gasteiger partial charge in [0, 0.05) is 22.4 Å². The van der Waals surface area contributed by atoms with E-state index in [0.29, 0.717) is 0 Å². The average Bonchev–Trinajstić information content (AvgIpc) is 0.811. The predicted molar refractivity (Wildman–Crippen MR) is 13.5 cm³/mol. The third-order valence-electron chi connectivity index (χ3n) is 0. The molecule has 0 aromatic rings. The number of rotatable bonds is 0. The van der Waals surface area contributed by atoms with Crippen molar-refractivity contribution < 1.29 is 49.2 Å². The molecule has 6 heavy (non-hydrogen) atoms. The second kappa shape index (κ2) is 9.90. The number of hydrogen-bond acceptors (Lipinski definition) is 2. The van der Waals surface area contributed by atoms with E-state index in [-0.39, 0.29) is 48.6 Å². The van der Waals surface area contributed by atoms with Crippen LogP contribution in [0.15, 0.2) is 0 Å². The van der Waals surface area contributed by atoms with Crippen molar-refractivity contribution in [2.24, 2.45) is 0 Å². The second-order valence-electron chi connectivity index (χ2n) is 0.238. The second-order valence-corrected chi connectivity index (χ2v) is 0.981. The van der Waals surface area contributed by atoms with Crippen LogP contribution >= 0.6 is 0 Å². The van der Waals surface area contributed by atoms with Gasteiger partial charge in [-0.05, 0) is 0 Å². The molecule has 0 unspecified atom stereocenters. The monoisotopic (exact) mass is 419 g/mol. The summed E-state index contributed by atoms with van der Waals surface area (Å²) in [6.45, 7) is 0. The normalized spacial score (nSPS) is 4.17. The predicted octanol–water partition coefficient (Wildman–Crippen LogP) is -1.98. The maximum absolute atomic E-state index is 8.67. The van der Waals surface area contributed by atoms with E-state index in [1.54, 1.807) is 0 Å². The fourth-order valence-electron chi connectivity index (χ4n) is 0. The van der Waals surface area contributed by atoms with E-state index in [1.165, 1.54) is 0 Å². The summed E-state index contributed by atoms with van der Waals surface area (Å²) in [5.74, 6) is 0. The Balaban J connectivity index is -0.0000000450. The molecule has 0 saturated heterocycles. The van der Waals surface area contributed by atoms with E-state index in [2.05, 4.69) is 0 Å². The molecular weight excluding hydrogens is 416 g/mol. The molecule has 0 atom stereocenters. The van der Waals surface area contributed by atoms with Gasteiger partial charge in [-0.25, -0.2) is 0 Å². The van der Waals surface area contributed by atoms with Crippen LogP contribution in [0.2, 0.25) is 0 Å². The van der Waals surface area contributed by atoms with Crippen LogP contribution in [-0.4, -0.2) is 30.2 Å². The summed E-state index contributed by atoms with van der Waals surface area (Å²) in [5.41, 5.74) is 0. The van der Waals surface area contributed by atoms with Gasteiger partial charge in [0.15, 0.2) is 0 Å². The van der Waals surface area contributed by atoms with Crippen molar-refractivity contribution in [3.8, 4) is 0 Å². The zero-order valence-electron chi connectivity index (χ0n) is 2.72. The van der Waals surface area contributed by atoms with Crippen LogP contribution < -0.4 is 0 Å². The Morgan fingerprint density at radius 3 is 1.33 bits per heavy atom. The van der Waals surface area contributed by atoms with E-state index in [9.17, 15) is 0 Å². The third-order valence-corrected chi connectivity index (χ3v) is 0. The first-order valence-corrected chi connectivity index (χ1v) is 2.33. The van der Waals surface area contributed by atoms with Gasteiger partial charge >= 0.3 is 53.0 Å². The molecule has 0 aromatic heterocycles. The van der Waals surface area contributed by atoms with Crippen molar-refractivity contribution in [3.05, 3.63) is 0 Å². The zero-order chi connectivity index (χ0) is 3.58. The van der Waals surface area contributed by atoms with Crippen LogP contribution in [0.1, 0.15) is 0 Å². The summed E-state index contributed by atoms with van der Waals surface area (Å²) in [6, 6.07) is 0. The Morgan fingerprint density at radius 2 is 1.33 bits per heavy atom. The van der Waals surface area contributed by atoms with Crippen LogP contribution in [0.3, 0.4) is 0 Å². The first kappa shape index (κ1) is 15.7. The molecule has 0 bridgehead atoms. The first-order valence-electron chi connectivity index (χ1n) is 0.565. The summed E-state index contributed by atoms with van der Waals surface area (Å²) < 4.78 is 24.4. The quantitative estimate of drug-likeness (QED) is 0.463. The molecule has 0 aliphatic rings. The third kappa shape index (κ3) is 42.0. The van der Waals surface area contributed by atoms with Gasteiger partial charge < -0.3 is 0 Å². The van der Waals surface area contributed by atoms with Gasteiger partial charge in [0.05, 0.1) is 0 Å². The van der Waals surface area contributed by atoms with Gasteiger partial charge in [-0.1, -0.05) is 0 Å². The summed E-state index contributed by atoms with van der Waals surface area (Å²) >= 11 is -3.69. The Bertz CT molecular complexity index is 59.2. The molecule has 43 valence electrons. The molecule has 1 radical (unpaired) electrons. The minimum absolute atomic E-state index is 0. The van der Waals surface area contributed by atoms with Crippen molar-refractivity contribution in [3.63, 3.8) is 0 Å². The van der Waals surface area contributed by atoms with Crippen LogP contribution in [0.25, 0.3) is 0 Å². The van der Waals surface area contributed by atoms with Gasteiger partial charge in [0.1, 0.15) is 0 Å². The fraction of sp³-hybridized carbons (Fsp3) is 0. The van der Waals surface area contributed by atoms with E-state index in [4.69, 9.17) is 11.4 Å². The maximum atomic E-state index is 8.67. The van der Waals surface area contributed by atoms with Crippen molar-refractivity contribution in [2.75, 3.05) is 0 Å². The summed E-state index contributed by atoms with van der Waals surface area (Å²) in [6.07, 6.45) is 0. The molecule has 0 aromatic carbocycles. The molecule has 1 N–H and O–H groups in total. The minimum atomic E-state index is -3.69. The van der Waals surface area contributed by atoms with E-state index in [1.807, 2.05) is 0 Å². The van der Waals surface area contributed by atoms with Gasteiger partial charge in [0.2, 0.25) is 0 Å². The molecule has 6 heteroatoms. The Labute approximate surface area is 74.5 Å². The van der Waals surface area contributed by atoms with Gasteiger partial charge in [-0.2, -0.15) is 0 Å². The van der Waals surface area contributed by atoms with E-state index in [0.717, 1.165) is 0 Å². The fourth-order valence-corrected chi connectivity index (χ4v) is 0. The van der Waals surface area contributed by atoms with Crippen molar-refractivity contribution in [1.82, 2.24) is 0 Å². The van der Waals surface area contributed by atoms with Gasteiger partial charge in [-0.3, -0.25) is 0 Å². The molecule has 0 saturated carbocycles. The topological polar surface area (TPSA) is 54.4 Å².